The summed E-state index contributed by atoms with van der Waals surface area (Å²) in [4.78, 5) is 0. The summed E-state index contributed by atoms with van der Waals surface area (Å²) in [5, 5.41) is 2.83. The van der Waals surface area contributed by atoms with Crippen LogP contribution in [0.4, 0.5) is 18.9 Å². The van der Waals surface area contributed by atoms with E-state index in [1.807, 2.05) is 6.26 Å². The Bertz CT molecular complexity index is 368. The Morgan fingerprint density at radius 3 is 2.65 bits per heavy atom. The first-order chi connectivity index (χ1) is 7.95. The predicted octanol–water partition coefficient (Wildman–Crippen LogP) is 4.63. The molecule has 1 N–H and O–H groups in total. The summed E-state index contributed by atoms with van der Waals surface area (Å²) in [6, 6.07) is 3.94. The molecule has 0 saturated heterocycles. The van der Waals surface area contributed by atoms with Crippen LogP contribution in [0.15, 0.2) is 22.7 Å². The molecule has 1 aromatic rings. The second kappa shape index (κ2) is 6.54. The molecule has 1 rings (SSSR count). The van der Waals surface area contributed by atoms with Crippen molar-refractivity contribution in [2.75, 3.05) is 23.9 Å². The Hall–Kier alpha value is -0.360. The number of halogens is 4. The molecule has 0 spiro atoms. The molecule has 0 amide bonds. The summed E-state index contributed by atoms with van der Waals surface area (Å²) >= 11 is 4.85. The SMILES string of the molecule is CSCCCNc1cc(Br)ccc1C(F)(F)F. The van der Waals surface area contributed by atoms with Crippen molar-refractivity contribution in [1.82, 2.24) is 0 Å². The fraction of sp³-hybridized carbons (Fsp3) is 0.455. The second-order valence-corrected chi connectivity index (χ2v) is 5.36. The summed E-state index contributed by atoms with van der Waals surface area (Å²) < 4.78 is 38.7. The van der Waals surface area contributed by atoms with Gasteiger partial charge in [-0.25, -0.2) is 0 Å². The van der Waals surface area contributed by atoms with Crippen molar-refractivity contribution in [2.24, 2.45) is 0 Å². The van der Waals surface area contributed by atoms with E-state index in [-0.39, 0.29) is 5.69 Å². The second-order valence-electron chi connectivity index (χ2n) is 3.46. The Labute approximate surface area is 111 Å². The maximum atomic E-state index is 12.7. The van der Waals surface area contributed by atoms with Crippen LogP contribution >= 0.6 is 27.7 Å². The largest absolute Gasteiger partial charge is 0.418 e. The van der Waals surface area contributed by atoms with Gasteiger partial charge >= 0.3 is 6.18 Å². The Morgan fingerprint density at radius 1 is 1.35 bits per heavy atom. The Morgan fingerprint density at radius 2 is 2.06 bits per heavy atom. The van der Waals surface area contributed by atoms with Crippen LogP contribution in [0.1, 0.15) is 12.0 Å². The van der Waals surface area contributed by atoms with Crippen molar-refractivity contribution in [3.8, 4) is 0 Å². The molecular formula is C11H13BrF3NS. The number of rotatable bonds is 5. The van der Waals surface area contributed by atoms with Crippen molar-refractivity contribution in [1.29, 1.82) is 0 Å². The van der Waals surface area contributed by atoms with Crippen molar-refractivity contribution in [3.05, 3.63) is 28.2 Å². The van der Waals surface area contributed by atoms with Crippen molar-refractivity contribution in [3.63, 3.8) is 0 Å². The lowest BCUT2D eigenvalue weighted by atomic mass is 10.1. The summed E-state index contributed by atoms with van der Waals surface area (Å²) in [5.74, 6) is 0.933. The maximum Gasteiger partial charge on any atom is 0.418 e. The van der Waals surface area contributed by atoms with Gasteiger partial charge in [0.15, 0.2) is 0 Å². The average molecular weight is 328 g/mol. The van der Waals surface area contributed by atoms with Crippen molar-refractivity contribution >= 4 is 33.4 Å². The van der Waals surface area contributed by atoms with Gasteiger partial charge in [0.05, 0.1) is 5.56 Å². The lowest BCUT2D eigenvalue weighted by Crippen LogP contribution is -2.12. The molecule has 0 aliphatic rings. The van der Waals surface area contributed by atoms with E-state index in [4.69, 9.17) is 0 Å². The zero-order valence-corrected chi connectivity index (χ0v) is 11.7. The molecular weight excluding hydrogens is 315 g/mol. The van der Waals surface area contributed by atoms with Crippen LogP contribution in [-0.2, 0) is 6.18 Å². The maximum absolute atomic E-state index is 12.7. The molecule has 1 aromatic carbocycles. The number of alkyl halides is 3. The first-order valence-corrected chi connectivity index (χ1v) is 7.23. The molecule has 0 aliphatic heterocycles. The minimum absolute atomic E-state index is 0.132. The van der Waals surface area contributed by atoms with Gasteiger partial charge in [-0.3, -0.25) is 0 Å². The van der Waals surface area contributed by atoms with Crippen LogP contribution < -0.4 is 5.32 Å². The molecule has 0 aromatic heterocycles. The van der Waals surface area contributed by atoms with Gasteiger partial charge in [0, 0.05) is 16.7 Å². The highest BCUT2D eigenvalue weighted by Crippen LogP contribution is 2.36. The summed E-state index contributed by atoms with van der Waals surface area (Å²) in [6.45, 7) is 0.542. The van der Waals surface area contributed by atoms with Crippen LogP contribution in [0.25, 0.3) is 0 Å². The highest BCUT2D eigenvalue weighted by atomic mass is 79.9. The molecule has 0 saturated carbocycles. The molecule has 1 nitrogen and oxygen atoms in total. The number of thioether (sulfide) groups is 1. The third-order valence-electron chi connectivity index (χ3n) is 2.13. The number of nitrogens with one attached hydrogen (secondary N) is 1. The van der Waals surface area contributed by atoms with E-state index in [1.54, 1.807) is 11.8 Å². The molecule has 0 fully saturated rings. The highest BCUT2D eigenvalue weighted by molar-refractivity contribution is 9.10. The van der Waals surface area contributed by atoms with Gasteiger partial charge in [0.2, 0.25) is 0 Å². The predicted molar refractivity (Wildman–Crippen MR) is 70.6 cm³/mol. The molecule has 96 valence electrons. The van der Waals surface area contributed by atoms with Gasteiger partial charge in [0.25, 0.3) is 0 Å². The summed E-state index contributed by atoms with van der Waals surface area (Å²) in [7, 11) is 0. The summed E-state index contributed by atoms with van der Waals surface area (Å²) in [6.07, 6.45) is -1.51. The van der Waals surface area contributed by atoms with E-state index in [2.05, 4.69) is 21.2 Å². The van der Waals surface area contributed by atoms with Crippen LogP contribution in [0.5, 0.6) is 0 Å². The fourth-order valence-corrected chi connectivity index (χ4v) is 2.14. The van der Waals surface area contributed by atoms with E-state index in [0.717, 1.165) is 18.2 Å². The minimum atomic E-state index is -4.32. The molecule has 0 bridgehead atoms. The third-order valence-corrected chi connectivity index (χ3v) is 3.32. The van der Waals surface area contributed by atoms with Gasteiger partial charge in [-0.2, -0.15) is 24.9 Å². The average Bonchev–Trinajstić information content (AvgIpc) is 2.23. The molecule has 6 heteroatoms. The van der Waals surface area contributed by atoms with Crippen LogP contribution in [0.2, 0.25) is 0 Å². The quantitative estimate of drug-likeness (QED) is 0.791. The zero-order valence-electron chi connectivity index (χ0n) is 9.27. The standard InChI is InChI=1S/C11H13BrF3NS/c1-17-6-2-5-16-10-7-8(12)3-4-9(10)11(13,14)15/h3-4,7,16H,2,5-6H2,1H3. The van der Waals surface area contributed by atoms with E-state index in [1.165, 1.54) is 12.1 Å². The lowest BCUT2D eigenvalue weighted by molar-refractivity contribution is -0.136. The van der Waals surface area contributed by atoms with Gasteiger partial charge in [-0.05, 0) is 36.6 Å². The number of hydrogen-bond acceptors (Lipinski definition) is 2. The number of anilines is 1. The van der Waals surface area contributed by atoms with Crippen LogP contribution in [-0.4, -0.2) is 18.6 Å². The fourth-order valence-electron chi connectivity index (χ4n) is 1.35. The van der Waals surface area contributed by atoms with E-state index in [9.17, 15) is 13.2 Å². The molecule has 0 atom stereocenters. The normalized spacial score (nSPS) is 11.6. The number of hydrogen-bond donors (Lipinski definition) is 1. The first-order valence-electron chi connectivity index (χ1n) is 5.04. The van der Waals surface area contributed by atoms with E-state index in [0.29, 0.717) is 11.0 Å². The van der Waals surface area contributed by atoms with E-state index < -0.39 is 11.7 Å². The van der Waals surface area contributed by atoms with Crippen LogP contribution in [0, 0.1) is 0 Å². The number of benzene rings is 1. The first kappa shape index (κ1) is 14.7. The lowest BCUT2D eigenvalue weighted by Gasteiger charge is -2.14. The highest BCUT2D eigenvalue weighted by Gasteiger charge is 2.33. The van der Waals surface area contributed by atoms with Crippen molar-refractivity contribution < 1.29 is 13.2 Å². The van der Waals surface area contributed by atoms with Gasteiger partial charge in [-0.1, -0.05) is 15.9 Å². The molecule has 0 unspecified atom stereocenters. The third kappa shape index (κ3) is 4.79. The molecule has 0 aliphatic carbocycles. The minimum Gasteiger partial charge on any atom is -0.384 e. The molecule has 0 heterocycles. The smallest absolute Gasteiger partial charge is 0.384 e. The Balaban J connectivity index is 2.77. The topological polar surface area (TPSA) is 12.0 Å². The molecule has 0 radical (unpaired) electrons. The van der Waals surface area contributed by atoms with Crippen molar-refractivity contribution in [2.45, 2.75) is 12.6 Å². The monoisotopic (exact) mass is 327 g/mol. The zero-order chi connectivity index (χ0) is 12.9. The summed E-state index contributed by atoms with van der Waals surface area (Å²) in [5.41, 5.74) is -0.488. The van der Waals surface area contributed by atoms with Gasteiger partial charge in [0.1, 0.15) is 0 Å². The Kier molecular flexibility index (Phi) is 5.66. The molecule has 17 heavy (non-hydrogen) atoms. The van der Waals surface area contributed by atoms with Crippen LogP contribution in [0.3, 0.4) is 0 Å². The van der Waals surface area contributed by atoms with Gasteiger partial charge in [-0.15, -0.1) is 0 Å². The van der Waals surface area contributed by atoms with E-state index >= 15 is 0 Å². The van der Waals surface area contributed by atoms with Gasteiger partial charge < -0.3 is 5.32 Å².